The number of halogens is 4. The molecule has 16 nitrogen and oxygen atoms in total. The fourth-order valence-electron chi connectivity index (χ4n) is 4.91. The number of hydrogen-bond acceptors (Lipinski definition) is 13. The number of fused-ring (bicyclic) bond motifs is 1. The van der Waals surface area contributed by atoms with E-state index in [0.29, 0.717) is 6.42 Å². The Hall–Kier alpha value is -4.10. The third kappa shape index (κ3) is 9.82. The molecule has 1 amide bonds. The molecule has 1 fully saturated rings. The Labute approximate surface area is 290 Å². The van der Waals surface area contributed by atoms with Gasteiger partial charge in [-0.25, -0.2) is 23.5 Å². The molecule has 0 radical (unpaired) electrons. The lowest BCUT2D eigenvalue weighted by Gasteiger charge is -2.27. The highest BCUT2D eigenvalue weighted by atomic mass is 31.2. The van der Waals surface area contributed by atoms with Crippen LogP contribution < -0.4 is 20.2 Å². The van der Waals surface area contributed by atoms with E-state index in [1.54, 1.807) is 11.2 Å². The molecule has 51 heavy (non-hydrogen) atoms. The minimum absolute atomic E-state index is 0.0466. The van der Waals surface area contributed by atoms with Crippen LogP contribution in [-0.2, 0) is 28.1 Å². The average Bonchev–Trinajstić information content (AvgIpc) is 3.57. The number of rotatable bonds is 16. The highest BCUT2D eigenvalue weighted by molar-refractivity contribution is 7.52. The molecular formula is C30H40F4N7O9P. The lowest BCUT2D eigenvalue weighted by Crippen LogP contribution is -2.49. The minimum atomic E-state index is -5.31. The van der Waals surface area contributed by atoms with E-state index in [4.69, 9.17) is 23.3 Å². The predicted molar refractivity (Wildman–Crippen MR) is 174 cm³/mol. The molecule has 3 heterocycles. The Morgan fingerprint density at radius 2 is 1.88 bits per heavy atom. The van der Waals surface area contributed by atoms with Gasteiger partial charge in [0.15, 0.2) is 28.9 Å². The average molecular weight is 750 g/mol. The van der Waals surface area contributed by atoms with E-state index in [1.807, 2.05) is 6.92 Å². The molecule has 6 atom stereocenters. The van der Waals surface area contributed by atoms with Gasteiger partial charge in [-0.3, -0.25) is 14.4 Å². The van der Waals surface area contributed by atoms with Gasteiger partial charge in [0.1, 0.15) is 18.0 Å². The molecule has 1 aliphatic heterocycles. The SMILES string of the molecule is CCCCCOC(=O)Nc1nc(NC)c2ncn([C@@H]3O[C@H](CO[P@@](=O)(N[C@H](C(=O)OC(C)C)C(F)(F)F)Oc4ccccc4)[C@@H](O)[C@@]3(C)F)c2n1. The van der Waals surface area contributed by atoms with E-state index in [0.717, 1.165) is 30.7 Å². The van der Waals surface area contributed by atoms with Crippen LogP contribution in [0.3, 0.4) is 0 Å². The van der Waals surface area contributed by atoms with E-state index in [9.17, 15) is 32.4 Å². The second-order valence-electron chi connectivity index (χ2n) is 11.8. The molecule has 0 bridgehead atoms. The second kappa shape index (κ2) is 16.5. The summed E-state index contributed by atoms with van der Waals surface area (Å²) in [5, 5.41) is 17.8. The summed E-state index contributed by atoms with van der Waals surface area (Å²) in [7, 11) is -3.64. The Balaban J connectivity index is 1.59. The van der Waals surface area contributed by atoms with Crippen molar-refractivity contribution in [2.75, 3.05) is 30.9 Å². The van der Waals surface area contributed by atoms with E-state index < -0.39 is 68.8 Å². The number of unbranched alkanes of at least 4 members (excludes halogenated alkanes) is 2. The lowest BCUT2D eigenvalue weighted by molar-refractivity contribution is -0.185. The van der Waals surface area contributed by atoms with Gasteiger partial charge in [0.25, 0.3) is 0 Å². The summed E-state index contributed by atoms with van der Waals surface area (Å²) >= 11 is 0. The Bertz CT molecular complexity index is 1700. The number of esters is 1. The van der Waals surface area contributed by atoms with Crippen molar-refractivity contribution in [3.8, 4) is 5.75 Å². The predicted octanol–water partition coefficient (Wildman–Crippen LogP) is 5.27. The molecule has 282 valence electrons. The zero-order valence-corrected chi connectivity index (χ0v) is 29.2. The monoisotopic (exact) mass is 749 g/mol. The fraction of sp³-hybridized carbons (Fsp3) is 0.567. The molecule has 0 unspecified atom stereocenters. The number of hydrogen-bond donors (Lipinski definition) is 4. The van der Waals surface area contributed by atoms with Gasteiger partial charge in [-0.1, -0.05) is 38.0 Å². The number of nitrogens with zero attached hydrogens (tertiary/aromatic N) is 4. The van der Waals surface area contributed by atoms with Crippen LogP contribution in [0.4, 0.5) is 34.1 Å². The standard InChI is InChI=1S/C30H40F4N7O9P/c1-6-7-11-14-46-28(44)39-27-37-23(35-5)20-24(38-27)41(16-36-20)26-29(4,31)22(42)19(49-26)15-47-51(45,50-18-12-9-8-10-13-18)40-21(30(32,33)34)25(43)48-17(2)3/h8-10,12-13,16-17,19,21-22,26,42H,6-7,11,14-15H2,1-5H3,(H,40,45)(H2,35,37,38,39,44)/t19-,21-,22-,26-,29-,51+/m1/s1. The highest BCUT2D eigenvalue weighted by Crippen LogP contribution is 2.49. The Kier molecular flexibility index (Phi) is 12.8. The number of ether oxygens (including phenoxy) is 3. The van der Waals surface area contributed by atoms with Gasteiger partial charge in [0.05, 0.1) is 25.6 Å². The summed E-state index contributed by atoms with van der Waals surface area (Å²) in [4.78, 5) is 37.4. The maximum Gasteiger partial charge on any atom is 0.459 e. The smallest absolute Gasteiger partial charge is 0.459 e. The Morgan fingerprint density at radius 1 is 1.18 bits per heavy atom. The highest BCUT2D eigenvalue weighted by Gasteiger charge is 2.57. The number of anilines is 2. The van der Waals surface area contributed by atoms with Gasteiger partial charge >= 0.3 is 26.0 Å². The maximum absolute atomic E-state index is 16.3. The number of aromatic nitrogens is 4. The number of imidazole rings is 1. The summed E-state index contributed by atoms with van der Waals surface area (Å²) in [6.45, 7) is 4.79. The van der Waals surface area contributed by atoms with Gasteiger partial charge in [0, 0.05) is 7.05 Å². The minimum Gasteiger partial charge on any atom is -0.462 e. The van der Waals surface area contributed by atoms with Crippen LogP contribution in [0, 0.1) is 0 Å². The van der Waals surface area contributed by atoms with Gasteiger partial charge < -0.3 is 29.2 Å². The Morgan fingerprint density at radius 3 is 2.51 bits per heavy atom. The maximum atomic E-state index is 16.3. The first-order chi connectivity index (χ1) is 24.0. The molecule has 1 aromatic carbocycles. The van der Waals surface area contributed by atoms with Crippen molar-refractivity contribution >= 4 is 42.7 Å². The second-order valence-corrected chi connectivity index (χ2v) is 13.5. The summed E-state index contributed by atoms with van der Waals surface area (Å²) in [6, 6.07) is 3.81. The van der Waals surface area contributed by atoms with Gasteiger partial charge in [-0.15, -0.1) is 0 Å². The van der Waals surface area contributed by atoms with Crippen LogP contribution >= 0.6 is 7.75 Å². The van der Waals surface area contributed by atoms with Crippen LogP contribution in [0.5, 0.6) is 5.75 Å². The molecule has 0 spiro atoms. The van der Waals surface area contributed by atoms with Gasteiger partial charge in [0.2, 0.25) is 12.0 Å². The van der Waals surface area contributed by atoms with Crippen LogP contribution in [-0.4, -0.2) is 93.1 Å². The van der Waals surface area contributed by atoms with E-state index in [2.05, 4.69) is 25.6 Å². The van der Waals surface area contributed by atoms with Crippen molar-refractivity contribution in [1.29, 1.82) is 0 Å². The van der Waals surface area contributed by atoms with E-state index >= 15 is 4.39 Å². The molecule has 1 saturated heterocycles. The molecule has 1 aliphatic rings. The molecule has 4 rings (SSSR count). The summed E-state index contributed by atoms with van der Waals surface area (Å²) in [5.74, 6) is -2.10. The number of para-hydroxylation sites is 1. The quantitative estimate of drug-likeness (QED) is 0.0640. The lowest BCUT2D eigenvalue weighted by atomic mass is 9.98. The molecule has 0 saturated carbocycles. The van der Waals surface area contributed by atoms with Crippen LogP contribution in [0.25, 0.3) is 11.2 Å². The number of alkyl halides is 4. The first-order valence-electron chi connectivity index (χ1n) is 15.9. The first kappa shape index (κ1) is 39.7. The van der Waals surface area contributed by atoms with E-state index in [-0.39, 0.29) is 35.3 Å². The number of carbonyl (C=O) groups is 2. The number of nitrogens with one attached hydrogen (secondary N) is 3. The topological polar surface area (TPSA) is 197 Å². The van der Waals surface area contributed by atoms with Crippen molar-refractivity contribution in [3.63, 3.8) is 0 Å². The molecular weight excluding hydrogens is 709 g/mol. The van der Waals surface area contributed by atoms with Gasteiger partial charge in [-0.2, -0.15) is 28.2 Å². The van der Waals surface area contributed by atoms with Crippen molar-refractivity contribution < 1.29 is 60.1 Å². The third-order valence-electron chi connectivity index (χ3n) is 7.40. The summed E-state index contributed by atoms with van der Waals surface area (Å²) in [5.41, 5.74) is -2.55. The van der Waals surface area contributed by atoms with Crippen LogP contribution in [0.1, 0.15) is 53.2 Å². The van der Waals surface area contributed by atoms with Crippen LogP contribution in [0.15, 0.2) is 36.7 Å². The number of carbonyl (C=O) groups excluding carboxylic acids is 2. The summed E-state index contributed by atoms with van der Waals surface area (Å²) < 4.78 is 99.5. The third-order valence-corrected chi connectivity index (χ3v) is 8.92. The zero-order valence-electron chi connectivity index (χ0n) is 28.3. The van der Waals surface area contributed by atoms with Crippen molar-refractivity contribution in [2.24, 2.45) is 0 Å². The molecule has 2 aromatic heterocycles. The number of amides is 1. The number of aliphatic hydroxyl groups excluding tert-OH is 1. The molecule has 4 N–H and O–H groups in total. The number of aliphatic hydroxyl groups is 1. The fourth-order valence-corrected chi connectivity index (χ4v) is 6.40. The van der Waals surface area contributed by atoms with Crippen LogP contribution in [0.2, 0.25) is 0 Å². The first-order valence-corrected chi connectivity index (χ1v) is 17.5. The number of benzene rings is 1. The van der Waals surface area contributed by atoms with Crippen molar-refractivity contribution in [1.82, 2.24) is 24.6 Å². The molecule has 0 aliphatic carbocycles. The summed E-state index contributed by atoms with van der Waals surface area (Å²) in [6.07, 6.45) is -8.90. The van der Waals surface area contributed by atoms with Gasteiger partial charge in [-0.05, 0) is 39.3 Å². The van der Waals surface area contributed by atoms with Crippen molar-refractivity contribution in [3.05, 3.63) is 36.7 Å². The van der Waals surface area contributed by atoms with Crippen molar-refractivity contribution in [2.45, 2.75) is 89.4 Å². The molecule has 21 heteroatoms. The molecule has 3 aromatic rings. The zero-order chi connectivity index (χ0) is 37.6. The normalized spacial score (nSPS) is 22.4. The van der Waals surface area contributed by atoms with E-state index in [1.165, 1.54) is 45.2 Å². The largest absolute Gasteiger partial charge is 0.462 e.